The maximum Gasteiger partial charge on any atom is 0.328 e. The van der Waals surface area contributed by atoms with E-state index in [2.05, 4.69) is 11.6 Å². The van der Waals surface area contributed by atoms with Crippen molar-refractivity contribution in [2.24, 2.45) is 0 Å². The lowest BCUT2D eigenvalue weighted by Gasteiger charge is -2.07. The Balaban J connectivity index is 0.00000264. The molecule has 4 nitrogen and oxygen atoms in total. The van der Waals surface area contributed by atoms with Crippen LogP contribution >= 0.6 is 0 Å². The van der Waals surface area contributed by atoms with Crippen molar-refractivity contribution in [3.05, 3.63) is 54.7 Å². The predicted octanol–water partition coefficient (Wildman–Crippen LogP) is 0.359. The van der Waals surface area contributed by atoms with Gasteiger partial charge in [0.2, 0.25) is 0 Å². The molecule has 0 aliphatic rings. The van der Waals surface area contributed by atoms with Crippen LogP contribution in [0, 0.1) is 0 Å². The predicted molar refractivity (Wildman–Crippen MR) is 88.0 cm³/mol. The summed E-state index contributed by atoms with van der Waals surface area (Å²) in [7, 11) is -3.54. The lowest BCUT2D eigenvalue weighted by atomic mass is 10.2. The lowest BCUT2D eigenvalue weighted by Crippen LogP contribution is -3.00. The number of halogens is 1. The minimum absolute atomic E-state index is 0. The van der Waals surface area contributed by atoms with Gasteiger partial charge in [-0.15, -0.1) is 0 Å². The van der Waals surface area contributed by atoms with Gasteiger partial charge < -0.3 is 17.0 Å². The molecule has 0 aliphatic carbocycles. The highest BCUT2D eigenvalue weighted by Crippen LogP contribution is 2.12. The third-order valence-electron chi connectivity index (χ3n) is 3.49. The molecule has 1 aromatic carbocycles. The molecule has 0 amide bonds. The third-order valence-corrected chi connectivity index (χ3v) is 4.86. The van der Waals surface area contributed by atoms with Crippen molar-refractivity contribution >= 4 is 15.8 Å². The maximum atomic E-state index is 12.4. The summed E-state index contributed by atoms with van der Waals surface area (Å²) in [4.78, 5) is 0.274. The highest BCUT2D eigenvalue weighted by atomic mass is 79.9. The Morgan fingerprint density at radius 2 is 1.65 bits per heavy atom. The van der Waals surface area contributed by atoms with Crippen molar-refractivity contribution in [2.45, 2.75) is 44.0 Å². The van der Waals surface area contributed by atoms with E-state index in [0.717, 1.165) is 19.4 Å². The van der Waals surface area contributed by atoms with Gasteiger partial charge in [-0.2, -0.15) is 13.1 Å². The summed E-state index contributed by atoms with van der Waals surface area (Å²) >= 11 is 0. The fourth-order valence-electron chi connectivity index (χ4n) is 2.27. The van der Waals surface area contributed by atoms with Gasteiger partial charge in [0, 0.05) is 6.07 Å². The van der Waals surface area contributed by atoms with Crippen molar-refractivity contribution in [3.8, 4) is 0 Å². The van der Waals surface area contributed by atoms with Crippen molar-refractivity contribution in [3.63, 3.8) is 0 Å². The number of anilines is 1. The van der Waals surface area contributed by atoms with Crippen LogP contribution < -0.4 is 26.3 Å². The van der Waals surface area contributed by atoms with Crippen molar-refractivity contribution in [2.75, 3.05) is 4.72 Å². The van der Waals surface area contributed by atoms with Crippen LogP contribution in [0.25, 0.3) is 0 Å². The van der Waals surface area contributed by atoms with Crippen molar-refractivity contribution in [1.29, 1.82) is 0 Å². The fraction of sp³-hybridized carbons (Fsp3) is 0.353. The molecule has 0 unspecified atom stereocenters. The molecule has 0 saturated heterocycles. The minimum Gasteiger partial charge on any atom is -1.00 e. The van der Waals surface area contributed by atoms with Crippen molar-refractivity contribution in [1.82, 2.24) is 0 Å². The summed E-state index contributed by atoms with van der Waals surface area (Å²) in [6.45, 7) is 2.99. The molecule has 1 heterocycles. The monoisotopic (exact) mass is 398 g/mol. The lowest BCUT2D eigenvalue weighted by molar-refractivity contribution is -0.683. The molecule has 23 heavy (non-hydrogen) atoms. The van der Waals surface area contributed by atoms with Gasteiger partial charge in [-0.25, -0.2) is 4.57 Å². The fourth-order valence-corrected chi connectivity index (χ4v) is 3.36. The van der Waals surface area contributed by atoms with Crippen LogP contribution in [0.5, 0.6) is 0 Å². The van der Waals surface area contributed by atoms with E-state index in [4.69, 9.17) is 0 Å². The summed E-state index contributed by atoms with van der Waals surface area (Å²) in [5, 5.41) is 0. The van der Waals surface area contributed by atoms with Crippen LogP contribution in [0.1, 0.15) is 32.6 Å². The minimum atomic E-state index is -3.54. The molecule has 0 bridgehead atoms. The van der Waals surface area contributed by atoms with E-state index in [0.29, 0.717) is 5.82 Å². The van der Waals surface area contributed by atoms with Gasteiger partial charge in [-0.05, 0) is 31.0 Å². The van der Waals surface area contributed by atoms with E-state index in [-0.39, 0.29) is 21.9 Å². The van der Waals surface area contributed by atoms with Crippen LogP contribution in [-0.4, -0.2) is 8.42 Å². The first kappa shape index (κ1) is 19.6. The number of hydrogen-bond donors (Lipinski definition) is 1. The second-order valence-electron chi connectivity index (χ2n) is 5.26. The maximum absolute atomic E-state index is 12.4. The van der Waals surface area contributed by atoms with Crippen molar-refractivity contribution < 1.29 is 30.0 Å². The molecule has 0 radical (unpaired) electrons. The number of pyridine rings is 1. The molecule has 0 spiro atoms. The first-order valence-corrected chi connectivity index (χ1v) is 9.18. The molecule has 0 saturated carbocycles. The number of hydrogen-bond acceptors (Lipinski definition) is 2. The smallest absolute Gasteiger partial charge is 0.328 e. The standard InChI is InChI=1S/C17H22N2O2S.BrH/c1-2-3-4-9-14-19-15-10-8-13-17(19)18-22(20,21)16-11-6-5-7-12-16;/h5-8,10-13,15H,2-4,9,14H2,1H3;1H. The van der Waals surface area contributed by atoms with E-state index >= 15 is 0 Å². The number of aryl methyl sites for hydroxylation is 1. The molecule has 2 aromatic rings. The Morgan fingerprint density at radius 3 is 2.35 bits per heavy atom. The molecule has 0 aliphatic heterocycles. The van der Waals surface area contributed by atoms with E-state index in [1.54, 1.807) is 36.4 Å². The molecule has 1 N–H and O–H groups in total. The SMILES string of the molecule is CCCCCC[n+]1ccccc1NS(=O)(=O)c1ccccc1.[Br-]. The van der Waals surface area contributed by atoms with Gasteiger partial charge in [0.05, 0.1) is 12.7 Å². The zero-order valence-electron chi connectivity index (χ0n) is 13.3. The molecule has 0 atom stereocenters. The van der Waals surface area contributed by atoms with Gasteiger partial charge in [-0.3, -0.25) is 0 Å². The van der Waals surface area contributed by atoms with Crippen LogP contribution in [-0.2, 0) is 16.6 Å². The second-order valence-corrected chi connectivity index (χ2v) is 6.94. The number of rotatable bonds is 8. The van der Waals surface area contributed by atoms with Gasteiger partial charge in [0.1, 0.15) is 4.90 Å². The normalized spacial score (nSPS) is 10.8. The number of nitrogens with one attached hydrogen (secondary N) is 1. The molecule has 6 heteroatoms. The van der Waals surface area contributed by atoms with Gasteiger partial charge in [-0.1, -0.05) is 44.0 Å². The molecule has 0 fully saturated rings. The largest absolute Gasteiger partial charge is 1.00 e. The third kappa shape index (κ3) is 5.95. The summed E-state index contributed by atoms with van der Waals surface area (Å²) in [6, 6.07) is 14.0. The summed E-state index contributed by atoms with van der Waals surface area (Å²) in [5.41, 5.74) is 0. The summed E-state index contributed by atoms with van der Waals surface area (Å²) in [6.07, 6.45) is 6.51. The van der Waals surface area contributed by atoms with E-state index in [9.17, 15) is 8.42 Å². The zero-order valence-corrected chi connectivity index (χ0v) is 15.7. The van der Waals surface area contributed by atoms with Gasteiger partial charge in [0.25, 0.3) is 5.82 Å². The summed E-state index contributed by atoms with van der Waals surface area (Å²) < 4.78 is 29.4. The van der Waals surface area contributed by atoms with Crippen LogP contribution in [0.3, 0.4) is 0 Å². The Morgan fingerprint density at radius 1 is 0.957 bits per heavy atom. The first-order valence-electron chi connectivity index (χ1n) is 7.70. The molecular weight excluding hydrogens is 376 g/mol. The molecular formula is C17H23BrN2O2S. The zero-order chi connectivity index (χ0) is 15.8. The number of aromatic nitrogens is 1. The first-order chi connectivity index (χ1) is 10.6. The highest BCUT2D eigenvalue weighted by molar-refractivity contribution is 7.92. The van der Waals surface area contributed by atoms with Crippen LogP contribution in [0.15, 0.2) is 59.6 Å². The molecule has 1 aromatic heterocycles. The quantitative estimate of drug-likeness (QED) is 0.515. The number of benzene rings is 1. The van der Waals surface area contributed by atoms with Gasteiger partial charge in [0.15, 0.2) is 0 Å². The van der Waals surface area contributed by atoms with E-state index in [1.807, 2.05) is 22.9 Å². The Kier molecular flexibility index (Phi) is 8.26. The average molecular weight is 399 g/mol. The van der Waals surface area contributed by atoms with E-state index in [1.165, 1.54) is 12.8 Å². The second kappa shape index (κ2) is 9.67. The average Bonchev–Trinajstić information content (AvgIpc) is 2.53. The van der Waals surface area contributed by atoms with Crippen LogP contribution in [0.2, 0.25) is 0 Å². The Hall–Kier alpha value is -1.40. The number of nitrogens with zero attached hydrogens (tertiary/aromatic N) is 1. The van der Waals surface area contributed by atoms with Gasteiger partial charge >= 0.3 is 10.0 Å². The number of unbranched alkanes of at least 4 members (excludes halogenated alkanes) is 3. The van der Waals surface area contributed by atoms with E-state index < -0.39 is 10.0 Å². The molecule has 2 rings (SSSR count). The Bertz CT molecular complexity index is 691. The topological polar surface area (TPSA) is 50.1 Å². The van der Waals surface area contributed by atoms with Crippen LogP contribution in [0.4, 0.5) is 5.82 Å². The number of sulfonamides is 1. The Labute approximate surface area is 149 Å². The summed E-state index contributed by atoms with van der Waals surface area (Å²) in [5.74, 6) is 0.600. The highest BCUT2D eigenvalue weighted by Gasteiger charge is 2.21. The molecule has 126 valence electrons.